The fourth-order valence-electron chi connectivity index (χ4n) is 1.62. The number of nitrogens with zero attached hydrogens (tertiary/aromatic N) is 1. The van der Waals surface area contributed by atoms with Gasteiger partial charge in [-0.15, -0.1) is 0 Å². The van der Waals surface area contributed by atoms with E-state index >= 15 is 0 Å². The minimum atomic E-state index is -4.57. The van der Waals surface area contributed by atoms with E-state index in [0.717, 1.165) is 0 Å². The highest BCUT2D eigenvalue weighted by molar-refractivity contribution is 5.68. The fourth-order valence-corrected chi connectivity index (χ4v) is 1.62. The van der Waals surface area contributed by atoms with Gasteiger partial charge in [-0.3, -0.25) is 4.79 Å². The predicted octanol–water partition coefficient (Wildman–Crippen LogP) is 2.87. The molecule has 6 heteroatoms. The maximum atomic E-state index is 12.8. The smallest absolute Gasteiger partial charge is 0.396 e. The van der Waals surface area contributed by atoms with Crippen molar-refractivity contribution in [1.29, 1.82) is 0 Å². The Labute approximate surface area is 103 Å². The van der Waals surface area contributed by atoms with Gasteiger partial charge in [-0.05, 0) is 17.7 Å². The lowest BCUT2D eigenvalue weighted by Gasteiger charge is -2.21. The Bertz CT molecular complexity index is 430. The third-order valence-corrected chi connectivity index (χ3v) is 2.56. The molecule has 1 unspecified atom stereocenters. The molecule has 0 bridgehead atoms. The predicted molar refractivity (Wildman–Crippen MR) is 61.8 cm³/mol. The van der Waals surface area contributed by atoms with E-state index in [-0.39, 0.29) is 5.56 Å². The molecule has 1 atom stereocenters. The van der Waals surface area contributed by atoms with Crippen LogP contribution in [-0.2, 0) is 4.79 Å². The largest absolute Gasteiger partial charge is 0.481 e. The van der Waals surface area contributed by atoms with Crippen molar-refractivity contribution < 1.29 is 23.1 Å². The number of carbonyl (C=O) groups is 1. The Hall–Kier alpha value is -1.72. The molecular weight excluding hydrogens is 247 g/mol. The molecule has 0 fully saturated rings. The number of anilines is 1. The first kappa shape index (κ1) is 14.3. The van der Waals surface area contributed by atoms with Crippen molar-refractivity contribution in [2.75, 3.05) is 19.0 Å². The van der Waals surface area contributed by atoms with E-state index in [2.05, 4.69) is 0 Å². The van der Waals surface area contributed by atoms with Gasteiger partial charge in [-0.1, -0.05) is 12.1 Å². The highest BCUT2D eigenvalue weighted by Crippen LogP contribution is 2.38. The van der Waals surface area contributed by atoms with E-state index in [4.69, 9.17) is 5.11 Å². The number of carboxylic acid groups (broad SMARTS) is 1. The summed E-state index contributed by atoms with van der Waals surface area (Å²) in [5.41, 5.74) is 0.572. The molecule has 0 aliphatic carbocycles. The first-order chi connectivity index (χ1) is 8.21. The highest BCUT2D eigenvalue weighted by atomic mass is 19.4. The second-order valence-corrected chi connectivity index (χ2v) is 4.18. The molecule has 1 aromatic rings. The van der Waals surface area contributed by atoms with Gasteiger partial charge >= 0.3 is 12.1 Å². The summed E-state index contributed by atoms with van der Waals surface area (Å²) in [6.07, 6.45) is -5.52. The summed E-state index contributed by atoms with van der Waals surface area (Å²) in [5.74, 6) is -3.44. The lowest BCUT2D eigenvalue weighted by molar-refractivity contribution is -0.163. The molecule has 1 N–H and O–H groups in total. The SMILES string of the molecule is CN(C)c1cccc(C(CC(=O)O)C(F)(F)F)c1. The van der Waals surface area contributed by atoms with E-state index in [0.29, 0.717) is 5.69 Å². The summed E-state index contributed by atoms with van der Waals surface area (Å²) in [7, 11) is 3.41. The van der Waals surface area contributed by atoms with Crippen molar-refractivity contribution in [2.24, 2.45) is 0 Å². The van der Waals surface area contributed by atoms with Crippen LogP contribution >= 0.6 is 0 Å². The summed E-state index contributed by atoms with van der Waals surface area (Å²) in [4.78, 5) is 12.2. The summed E-state index contributed by atoms with van der Waals surface area (Å²) >= 11 is 0. The molecule has 0 radical (unpaired) electrons. The van der Waals surface area contributed by atoms with Gasteiger partial charge in [0.25, 0.3) is 0 Å². The number of halogens is 3. The van der Waals surface area contributed by atoms with E-state index in [1.165, 1.54) is 18.2 Å². The zero-order chi connectivity index (χ0) is 13.9. The van der Waals surface area contributed by atoms with Crippen LogP contribution in [-0.4, -0.2) is 31.3 Å². The first-order valence-electron chi connectivity index (χ1n) is 5.27. The third-order valence-electron chi connectivity index (χ3n) is 2.56. The standard InChI is InChI=1S/C12H14F3NO2/c1-16(2)9-5-3-4-8(6-9)10(7-11(17)18)12(13,14)15/h3-6,10H,7H2,1-2H3,(H,17,18). The molecule has 3 nitrogen and oxygen atoms in total. The number of alkyl halides is 3. The van der Waals surface area contributed by atoms with Crippen LogP contribution in [0.3, 0.4) is 0 Å². The number of rotatable bonds is 4. The van der Waals surface area contributed by atoms with Gasteiger partial charge in [-0.25, -0.2) is 0 Å². The van der Waals surface area contributed by atoms with E-state index in [9.17, 15) is 18.0 Å². The molecule has 0 aliphatic rings. The Kier molecular flexibility index (Phi) is 4.21. The summed E-state index contributed by atoms with van der Waals surface area (Å²) < 4.78 is 38.5. The van der Waals surface area contributed by atoms with Gasteiger partial charge < -0.3 is 10.0 Å². The van der Waals surface area contributed by atoms with Crippen molar-refractivity contribution in [3.05, 3.63) is 29.8 Å². The second kappa shape index (κ2) is 5.29. The maximum Gasteiger partial charge on any atom is 0.396 e. The lowest BCUT2D eigenvalue weighted by atomic mass is 9.94. The van der Waals surface area contributed by atoms with Gasteiger partial charge in [0.15, 0.2) is 0 Å². The number of benzene rings is 1. The Morgan fingerprint density at radius 1 is 1.39 bits per heavy atom. The molecule has 18 heavy (non-hydrogen) atoms. The van der Waals surface area contributed by atoms with Crippen molar-refractivity contribution in [1.82, 2.24) is 0 Å². The molecule has 100 valence electrons. The number of hydrogen-bond donors (Lipinski definition) is 1. The average molecular weight is 261 g/mol. The lowest BCUT2D eigenvalue weighted by Crippen LogP contribution is -2.24. The van der Waals surface area contributed by atoms with Crippen molar-refractivity contribution in [3.63, 3.8) is 0 Å². The van der Waals surface area contributed by atoms with Crippen molar-refractivity contribution in [2.45, 2.75) is 18.5 Å². The normalized spacial score (nSPS) is 13.2. The Balaban J connectivity index is 3.13. The summed E-state index contributed by atoms with van der Waals surface area (Å²) in [6, 6.07) is 5.82. The molecule has 0 aliphatic heterocycles. The molecule has 1 aromatic carbocycles. The zero-order valence-electron chi connectivity index (χ0n) is 10.0. The van der Waals surface area contributed by atoms with Crippen LogP contribution in [0.4, 0.5) is 18.9 Å². The van der Waals surface area contributed by atoms with Crippen LogP contribution in [0.25, 0.3) is 0 Å². The van der Waals surface area contributed by atoms with Crippen LogP contribution in [0.2, 0.25) is 0 Å². The number of carboxylic acids is 1. The minimum Gasteiger partial charge on any atom is -0.481 e. The van der Waals surface area contributed by atoms with Gasteiger partial charge in [0, 0.05) is 19.8 Å². The van der Waals surface area contributed by atoms with Crippen LogP contribution in [0.1, 0.15) is 17.9 Å². The molecule has 0 spiro atoms. The Morgan fingerprint density at radius 3 is 2.44 bits per heavy atom. The molecular formula is C12H14F3NO2. The first-order valence-corrected chi connectivity index (χ1v) is 5.27. The van der Waals surface area contributed by atoms with Gasteiger partial charge in [0.05, 0.1) is 12.3 Å². The van der Waals surface area contributed by atoms with Crippen LogP contribution in [0, 0.1) is 0 Å². The van der Waals surface area contributed by atoms with Crippen LogP contribution < -0.4 is 4.90 Å². The molecule has 0 saturated heterocycles. The van der Waals surface area contributed by atoms with Crippen LogP contribution in [0.15, 0.2) is 24.3 Å². The number of hydrogen-bond acceptors (Lipinski definition) is 2. The van der Waals surface area contributed by atoms with E-state index in [1.807, 2.05) is 0 Å². The molecule has 0 heterocycles. The summed E-state index contributed by atoms with van der Waals surface area (Å²) in [5, 5.41) is 8.58. The highest BCUT2D eigenvalue weighted by Gasteiger charge is 2.42. The summed E-state index contributed by atoms with van der Waals surface area (Å²) in [6.45, 7) is 0. The van der Waals surface area contributed by atoms with Gasteiger partial charge in [-0.2, -0.15) is 13.2 Å². The van der Waals surface area contributed by atoms with Crippen molar-refractivity contribution in [3.8, 4) is 0 Å². The van der Waals surface area contributed by atoms with Gasteiger partial charge in [0.1, 0.15) is 0 Å². The van der Waals surface area contributed by atoms with E-state index in [1.54, 1.807) is 25.1 Å². The second-order valence-electron chi connectivity index (χ2n) is 4.18. The maximum absolute atomic E-state index is 12.8. The third kappa shape index (κ3) is 3.65. The van der Waals surface area contributed by atoms with Gasteiger partial charge in [0.2, 0.25) is 0 Å². The van der Waals surface area contributed by atoms with Crippen molar-refractivity contribution >= 4 is 11.7 Å². The average Bonchev–Trinajstić information content (AvgIpc) is 2.24. The molecule has 0 aromatic heterocycles. The minimum absolute atomic E-state index is 0.0314. The quantitative estimate of drug-likeness (QED) is 0.906. The monoisotopic (exact) mass is 261 g/mol. The number of aliphatic carboxylic acids is 1. The zero-order valence-corrected chi connectivity index (χ0v) is 10.0. The van der Waals surface area contributed by atoms with E-state index < -0.39 is 24.5 Å². The molecule has 1 rings (SSSR count). The fraction of sp³-hybridized carbons (Fsp3) is 0.417. The molecule has 0 amide bonds. The topological polar surface area (TPSA) is 40.5 Å². The Morgan fingerprint density at radius 2 is 2.00 bits per heavy atom. The molecule has 0 saturated carbocycles. The van der Waals surface area contributed by atoms with Crippen LogP contribution in [0.5, 0.6) is 0 Å².